The lowest BCUT2D eigenvalue weighted by molar-refractivity contribution is 0.307. The molecule has 0 spiro atoms. The van der Waals surface area contributed by atoms with Crippen LogP contribution in [0.3, 0.4) is 0 Å². The molecule has 0 amide bonds. The minimum Gasteiger partial charge on any atom is -0.489 e. The summed E-state index contributed by atoms with van der Waals surface area (Å²) >= 11 is 1.18. The predicted molar refractivity (Wildman–Crippen MR) is 120 cm³/mol. The molecule has 2 aromatic heterocycles. The van der Waals surface area contributed by atoms with Gasteiger partial charge in [0.05, 0.1) is 5.52 Å². The molecule has 0 saturated carbocycles. The summed E-state index contributed by atoms with van der Waals surface area (Å²) in [6.45, 7) is 4.20. The summed E-state index contributed by atoms with van der Waals surface area (Å²) in [6, 6.07) is 18.4. The second kappa shape index (κ2) is 9.65. The molecule has 6 nitrogen and oxygen atoms in total. The van der Waals surface area contributed by atoms with Gasteiger partial charge in [0.1, 0.15) is 17.4 Å². The topological polar surface area (TPSA) is 79.9 Å². The number of hydrogen-bond donors (Lipinski definition) is 2. The van der Waals surface area contributed by atoms with Crippen LogP contribution < -0.4 is 14.9 Å². The monoisotopic (exact) mass is 420 g/mol. The summed E-state index contributed by atoms with van der Waals surface area (Å²) in [7, 11) is 0. The van der Waals surface area contributed by atoms with Crippen LogP contribution in [-0.4, -0.2) is 21.7 Å². The van der Waals surface area contributed by atoms with Crippen LogP contribution in [-0.2, 0) is 19.6 Å². The zero-order valence-electron chi connectivity index (χ0n) is 16.9. The van der Waals surface area contributed by atoms with Crippen molar-refractivity contribution >= 4 is 22.2 Å². The van der Waals surface area contributed by atoms with E-state index in [2.05, 4.69) is 44.8 Å². The molecule has 30 heavy (non-hydrogen) atoms. The Morgan fingerprint density at radius 2 is 1.97 bits per heavy atom. The molecule has 2 aromatic carbocycles. The van der Waals surface area contributed by atoms with Crippen molar-refractivity contribution in [3.63, 3.8) is 0 Å². The van der Waals surface area contributed by atoms with Crippen molar-refractivity contribution in [2.24, 2.45) is 0 Å². The number of benzene rings is 2. The van der Waals surface area contributed by atoms with Gasteiger partial charge in [0, 0.05) is 29.6 Å². The van der Waals surface area contributed by atoms with E-state index < -0.39 is 0 Å². The van der Waals surface area contributed by atoms with Gasteiger partial charge >= 0.3 is 4.87 Å². The average molecular weight is 421 g/mol. The van der Waals surface area contributed by atoms with Gasteiger partial charge in [0.25, 0.3) is 0 Å². The molecule has 0 atom stereocenters. The summed E-state index contributed by atoms with van der Waals surface area (Å²) < 4.78 is 6.02. The van der Waals surface area contributed by atoms with E-state index in [9.17, 15) is 4.79 Å². The maximum absolute atomic E-state index is 11.1. The van der Waals surface area contributed by atoms with Crippen molar-refractivity contribution in [1.29, 1.82) is 0 Å². The first kappa shape index (κ1) is 20.3. The summed E-state index contributed by atoms with van der Waals surface area (Å²) in [6.07, 6.45) is 1.76. The Bertz CT molecular complexity index is 1170. The van der Waals surface area contributed by atoms with Crippen molar-refractivity contribution in [1.82, 2.24) is 20.5 Å². The Kier molecular flexibility index (Phi) is 6.51. The van der Waals surface area contributed by atoms with Gasteiger partial charge < -0.3 is 10.1 Å². The predicted octanol–water partition coefficient (Wildman–Crippen LogP) is 3.99. The molecule has 0 fully saturated rings. The lowest BCUT2D eigenvalue weighted by atomic mass is 10.1. The highest BCUT2D eigenvalue weighted by molar-refractivity contribution is 7.08. The van der Waals surface area contributed by atoms with Crippen LogP contribution in [0.1, 0.15) is 28.2 Å². The Morgan fingerprint density at radius 3 is 2.77 bits per heavy atom. The number of para-hydroxylation sites is 1. The number of nitrogens with one attached hydrogen (secondary N) is 2. The van der Waals surface area contributed by atoms with E-state index in [1.165, 1.54) is 16.9 Å². The maximum Gasteiger partial charge on any atom is 0.322 e. The zero-order chi connectivity index (χ0) is 20.8. The van der Waals surface area contributed by atoms with Gasteiger partial charge in [0.15, 0.2) is 0 Å². The molecule has 2 heterocycles. The molecule has 2 N–H and O–H groups in total. The molecule has 0 aliphatic rings. The van der Waals surface area contributed by atoms with Crippen molar-refractivity contribution in [2.45, 2.75) is 32.9 Å². The number of nitrogens with zero attached hydrogens (tertiary/aromatic N) is 2. The first-order valence-electron chi connectivity index (χ1n) is 9.99. The Balaban J connectivity index is 1.25. The molecule has 154 valence electrons. The SMILES string of the molecule is Cc1cc(COc2ccc(CNCCCc3n[nH]c(=O)s3)cc2)c2ccccc2n1. The van der Waals surface area contributed by atoms with Crippen LogP contribution >= 0.6 is 11.3 Å². The van der Waals surface area contributed by atoms with Crippen molar-refractivity contribution in [3.05, 3.63) is 86.1 Å². The van der Waals surface area contributed by atoms with E-state index in [1.54, 1.807) is 0 Å². The maximum atomic E-state index is 11.1. The van der Waals surface area contributed by atoms with E-state index in [0.717, 1.165) is 58.8 Å². The van der Waals surface area contributed by atoms with Crippen LogP contribution in [0.4, 0.5) is 0 Å². The fourth-order valence-electron chi connectivity index (χ4n) is 3.34. The molecular weight excluding hydrogens is 396 g/mol. The number of ether oxygens (including phenoxy) is 1. The molecule has 0 aliphatic carbocycles. The highest BCUT2D eigenvalue weighted by Crippen LogP contribution is 2.21. The number of rotatable bonds is 9. The van der Waals surface area contributed by atoms with Crippen molar-refractivity contribution < 1.29 is 4.74 Å². The summed E-state index contributed by atoms with van der Waals surface area (Å²) in [5, 5.41) is 11.8. The van der Waals surface area contributed by atoms with Gasteiger partial charge in [-0.25, -0.2) is 5.10 Å². The third-order valence-electron chi connectivity index (χ3n) is 4.80. The van der Waals surface area contributed by atoms with Gasteiger partial charge in [-0.15, -0.1) is 0 Å². The highest BCUT2D eigenvalue weighted by Gasteiger charge is 2.05. The molecule has 7 heteroatoms. The Hall–Kier alpha value is -3.03. The highest BCUT2D eigenvalue weighted by atomic mass is 32.1. The molecule has 0 aliphatic heterocycles. The van der Waals surface area contributed by atoms with E-state index in [1.807, 2.05) is 37.3 Å². The number of H-pyrrole nitrogens is 1. The van der Waals surface area contributed by atoms with Crippen LogP contribution in [0.25, 0.3) is 10.9 Å². The van der Waals surface area contributed by atoms with Crippen LogP contribution in [0.2, 0.25) is 0 Å². The zero-order valence-corrected chi connectivity index (χ0v) is 17.7. The van der Waals surface area contributed by atoms with E-state index in [-0.39, 0.29) is 4.87 Å². The number of aromatic nitrogens is 3. The molecule has 0 saturated heterocycles. The molecule has 0 bridgehead atoms. The summed E-state index contributed by atoms with van der Waals surface area (Å²) in [4.78, 5) is 15.6. The Morgan fingerprint density at radius 1 is 1.13 bits per heavy atom. The lowest BCUT2D eigenvalue weighted by Crippen LogP contribution is -2.15. The number of aromatic amines is 1. The second-order valence-electron chi connectivity index (χ2n) is 7.16. The third-order valence-corrected chi connectivity index (χ3v) is 5.61. The standard InChI is InChI=1S/C23H24N4O2S/c1-16-13-18(20-5-2-3-6-21(20)25-16)15-29-19-10-8-17(9-11-19)14-24-12-4-7-22-26-27-23(28)30-22/h2-3,5-6,8-11,13,24H,4,7,12,14-15H2,1H3,(H,27,28). The minimum absolute atomic E-state index is 0.0903. The fraction of sp³-hybridized carbons (Fsp3) is 0.261. The van der Waals surface area contributed by atoms with Crippen molar-refractivity contribution in [3.8, 4) is 5.75 Å². The van der Waals surface area contributed by atoms with E-state index in [4.69, 9.17) is 4.74 Å². The summed E-state index contributed by atoms with van der Waals surface area (Å²) in [5.74, 6) is 0.853. The van der Waals surface area contributed by atoms with Crippen LogP contribution in [0.5, 0.6) is 5.75 Å². The lowest BCUT2D eigenvalue weighted by Gasteiger charge is -2.11. The molecule has 0 unspecified atom stereocenters. The van der Waals surface area contributed by atoms with Gasteiger partial charge in [-0.1, -0.05) is 41.7 Å². The second-order valence-corrected chi connectivity index (χ2v) is 8.21. The molecular formula is C23H24N4O2S. The number of pyridine rings is 1. The van der Waals surface area contributed by atoms with Crippen LogP contribution in [0.15, 0.2) is 59.4 Å². The molecule has 4 rings (SSSR count). The van der Waals surface area contributed by atoms with E-state index >= 15 is 0 Å². The van der Waals surface area contributed by atoms with Gasteiger partial charge in [-0.2, -0.15) is 5.10 Å². The normalized spacial score (nSPS) is 11.1. The first-order chi connectivity index (χ1) is 14.7. The van der Waals surface area contributed by atoms with Gasteiger partial charge in [0.2, 0.25) is 0 Å². The first-order valence-corrected chi connectivity index (χ1v) is 10.8. The van der Waals surface area contributed by atoms with E-state index in [0.29, 0.717) is 6.61 Å². The largest absolute Gasteiger partial charge is 0.489 e. The van der Waals surface area contributed by atoms with Gasteiger partial charge in [-0.05, 0) is 49.7 Å². The van der Waals surface area contributed by atoms with Crippen molar-refractivity contribution in [2.75, 3.05) is 6.54 Å². The Labute approximate surface area is 179 Å². The quantitative estimate of drug-likeness (QED) is 0.400. The average Bonchev–Trinajstić information content (AvgIpc) is 3.17. The van der Waals surface area contributed by atoms with Gasteiger partial charge in [-0.3, -0.25) is 9.78 Å². The third kappa shape index (κ3) is 5.31. The summed E-state index contributed by atoms with van der Waals surface area (Å²) in [5.41, 5.74) is 4.34. The number of fused-ring (bicyclic) bond motifs is 1. The number of hydrogen-bond acceptors (Lipinski definition) is 6. The fourth-order valence-corrected chi connectivity index (χ4v) is 3.99. The minimum atomic E-state index is -0.0903. The molecule has 4 aromatic rings. The smallest absolute Gasteiger partial charge is 0.322 e. The molecule has 0 radical (unpaired) electrons. The van der Waals surface area contributed by atoms with Crippen LogP contribution in [0, 0.1) is 6.92 Å². The number of aryl methyl sites for hydroxylation is 2.